The lowest BCUT2D eigenvalue weighted by Gasteiger charge is -2.41. The molecule has 7 nitrogen and oxygen atoms in total. The molecule has 0 saturated carbocycles. The molecule has 33 heavy (non-hydrogen) atoms. The van der Waals surface area contributed by atoms with Crippen LogP contribution in [-0.2, 0) is 11.3 Å². The zero-order chi connectivity index (χ0) is 22.8. The van der Waals surface area contributed by atoms with Crippen LogP contribution in [0.1, 0.15) is 63.9 Å². The Labute approximate surface area is 192 Å². The van der Waals surface area contributed by atoms with E-state index in [9.17, 15) is 14.4 Å². The average molecular weight is 444 g/mol. The molecular formula is C26H25N3O4. The predicted molar refractivity (Wildman–Crippen MR) is 122 cm³/mol. The van der Waals surface area contributed by atoms with Crippen molar-refractivity contribution in [1.29, 1.82) is 0 Å². The first-order valence-corrected chi connectivity index (χ1v) is 11.3. The van der Waals surface area contributed by atoms with Crippen LogP contribution in [0.4, 0.5) is 5.69 Å². The first-order chi connectivity index (χ1) is 16.1. The fourth-order valence-corrected chi connectivity index (χ4v) is 4.63. The Morgan fingerprint density at radius 3 is 2.48 bits per heavy atom. The molecule has 1 aromatic heterocycles. The minimum absolute atomic E-state index is 0.0177. The molecule has 2 aliphatic rings. The molecule has 0 aliphatic carbocycles. The maximum atomic E-state index is 13.4. The molecule has 3 heterocycles. The van der Waals surface area contributed by atoms with Crippen LogP contribution >= 0.6 is 0 Å². The number of furan rings is 1. The number of unbranched alkanes of at least 4 members (excludes halogenated alkanes) is 2. The van der Waals surface area contributed by atoms with Gasteiger partial charge >= 0.3 is 0 Å². The van der Waals surface area contributed by atoms with E-state index in [4.69, 9.17) is 4.42 Å². The lowest BCUT2D eigenvalue weighted by Crippen LogP contribution is -2.48. The van der Waals surface area contributed by atoms with Crippen molar-refractivity contribution in [2.24, 2.45) is 0 Å². The summed E-state index contributed by atoms with van der Waals surface area (Å²) in [5.74, 6) is 0.570. The number of hydrogen-bond donors (Lipinski definition) is 1. The number of nitrogens with one attached hydrogen (secondary N) is 1. The number of nitrogens with zero attached hydrogens (tertiary/aromatic N) is 2. The third-order valence-corrected chi connectivity index (χ3v) is 6.23. The highest BCUT2D eigenvalue weighted by molar-refractivity contribution is 6.16. The summed E-state index contributed by atoms with van der Waals surface area (Å²) in [6.07, 6.45) is 3.87. The van der Waals surface area contributed by atoms with Crippen LogP contribution in [0, 0.1) is 0 Å². The van der Waals surface area contributed by atoms with Crippen LogP contribution in [-0.4, -0.2) is 29.2 Å². The second-order valence-corrected chi connectivity index (χ2v) is 8.32. The van der Waals surface area contributed by atoms with Crippen molar-refractivity contribution in [3.63, 3.8) is 0 Å². The van der Waals surface area contributed by atoms with Crippen LogP contribution in [0.5, 0.6) is 0 Å². The Balaban J connectivity index is 1.23. The maximum Gasteiger partial charge on any atom is 0.260 e. The number of rotatable bonds is 8. The topological polar surface area (TPSA) is 82.9 Å². The number of hydrogen-bond acceptors (Lipinski definition) is 4. The molecule has 5 rings (SSSR count). The summed E-state index contributed by atoms with van der Waals surface area (Å²) in [7, 11) is 0. The van der Waals surface area contributed by atoms with E-state index in [-0.39, 0.29) is 17.7 Å². The third kappa shape index (κ3) is 3.91. The van der Waals surface area contributed by atoms with Gasteiger partial charge in [-0.1, -0.05) is 36.8 Å². The first-order valence-electron chi connectivity index (χ1n) is 11.3. The van der Waals surface area contributed by atoms with Gasteiger partial charge in [0, 0.05) is 24.1 Å². The van der Waals surface area contributed by atoms with Crippen molar-refractivity contribution in [2.45, 2.75) is 38.4 Å². The molecule has 2 aromatic carbocycles. The monoisotopic (exact) mass is 443 g/mol. The second kappa shape index (κ2) is 8.94. The van der Waals surface area contributed by atoms with Crippen LogP contribution in [0.15, 0.2) is 71.3 Å². The zero-order valence-electron chi connectivity index (χ0n) is 18.2. The van der Waals surface area contributed by atoms with Gasteiger partial charge in [-0.3, -0.25) is 19.3 Å². The molecule has 0 saturated heterocycles. The van der Waals surface area contributed by atoms with Crippen molar-refractivity contribution < 1.29 is 18.8 Å². The smallest absolute Gasteiger partial charge is 0.260 e. The minimum Gasteiger partial charge on any atom is -0.467 e. The van der Waals surface area contributed by atoms with Gasteiger partial charge in [0.15, 0.2) is 0 Å². The van der Waals surface area contributed by atoms with Crippen LogP contribution in [0.25, 0.3) is 0 Å². The molecule has 0 unspecified atom stereocenters. The molecule has 1 N–H and O–H groups in total. The Bertz CT molecular complexity index is 1190. The van der Waals surface area contributed by atoms with Crippen LogP contribution in [0.3, 0.4) is 0 Å². The maximum absolute atomic E-state index is 13.4. The Kier molecular flexibility index (Phi) is 5.69. The van der Waals surface area contributed by atoms with E-state index in [2.05, 4.69) is 5.32 Å². The molecule has 3 aromatic rings. The van der Waals surface area contributed by atoms with Gasteiger partial charge in [0.1, 0.15) is 11.9 Å². The minimum atomic E-state index is -0.423. The first kappa shape index (κ1) is 21.0. The highest BCUT2D eigenvalue weighted by Crippen LogP contribution is 2.45. The van der Waals surface area contributed by atoms with Crippen molar-refractivity contribution in [3.05, 3.63) is 89.4 Å². The van der Waals surface area contributed by atoms with E-state index in [1.165, 1.54) is 0 Å². The number of carbonyl (C=O) groups is 3. The quantitative estimate of drug-likeness (QED) is 0.527. The number of fused-ring (bicyclic) bond motifs is 5. The van der Waals surface area contributed by atoms with Crippen LogP contribution in [0.2, 0.25) is 0 Å². The molecule has 7 heteroatoms. The predicted octanol–water partition coefficient (Wildman–Crippen LogP) is 4.27. The summed E-state index contributed by atoms with van der Waals surface area (Å²) < 4.78 is 5.22. The lowest BCUT2D eigenvalue weighted by molar-refractivity contribution is -0.121. The molecule has 168 valence electrons. The Morgan fingerprint density at radius 2 is 1.67 bits per heavy atom. The summed E-state index contributed by atoms with van der Waals surface area (Å²) in [6, 6.07) is 18.4. The van der Waals surface area contributed by atoms with E-state index in [0.29, 0.717) is 36.3 Å². The molecule has 0 spiro atoms. The summed E-state index contributed by atoms with van der Waals surface area (Å²) in [6.45, 7) is 0.905. The highest BCUT2D eigenvalue weighted by atomic mass is 16.3. The van der Waals surface area contributed by atoms with Gasteiger partial charge in [0.05, 0.1) is 24.1 Å². The highest BCUT2D eigenvalue weighted by Gasteiger charge is 2.47. The second-order valence-electron chi connectivity index (χ2n) is 8.32. The molecular weight excluding hydrogens is 418 g/mol. The average Bonchev–Trinajstić information content (AvgIpc) is 3.46. The summed E-state index contributed by atoms with van der Waals surface area (Å²) >= 11 is 0. The van der Waals surface area contributed by atoms with E-state index in [0.717, 1.165) is 30.6 Å². The van der Waals surface area contributed by atoms with E-state index in [1.54, 1.807) is 28.2 Å². The van der Waals surface area contributed by atoms with E-state index >= 15 is 0 Å². The van der Waals surface area contributed by atoms with Gasteiger partial charge < -0.3 is 14.6 Å². The fraction of sp³-hybridized carbons (Fsp3) is 0.269. The largest absolute Gasteiger partial charge is 0.467 e. The molecule has 3 amide bonds. The van der Waals surface area contributed by atoms with Crippen molar-refractivity contribution in [3.8, 4) is 0 Å². The van der Waals surface area contributed by atoms with Gasteiger partial charge in [-0.05, 0) is 43.2 Å². The number of carbonyl (C=O) groups excluding carboxylic acids is 3. The van der Waals surface area contributed by atoms with Crippen molar-refractivity contribution >= 4 is 23.4 Å². The standard InChI is InChI=1S/C26H25N3O4/c30-23(27-17-18-9-8-16-33-18)14-2-1-7-15-28-24-19-10-3-4-11-20(19)26(32)29(24)22-13-6-5-12-21(22)25(28)31/h3-6,8-13,16,24H,1-2,7,14-15,17H2,(H,27,30)/t24-/m0/s1. The fourth-order valence-electron chi connectivity index (χ4n) is 4.63. The van der Waals surface area contributed by atoms with Gasteiger partial charge in [-0.2, -0.15) is 0 Å². The molecule has 0 bridgehead atoms. The lowest BCUT2D eigenvalue weighted by atomic mass is 10.0. The third-order valence-electron chi connectivity index (χ3n) is 6.23. The van der Waals surface area contributed by atoms with Gasteiger partial charge in [0.2, 0.25) is 5.91 Å². The van der Waals surface area contributed by atoms with Gasteiger partial charge in [0.25, 0.3) is 11.8 Å². The zero-order valence-corrected chi connectivity index (χ0v) is 18.2. The number of para-hydroxylation sites is 1. The van der Waals surface area contributed by atoms with Crippen molar-refractivity contribution in [2.75, 3.05) is 11.4 Å². The number of anilines is 1. The van der Waals surface area contributed by atoms with Crippen LogP contribution < -0.4 is 10.2 Å². The van der Waals surface area contributed by atoms with Crippen molar-refractivity contribution in [1.82, 2.24) is 10.2 Å². The SMILES string of the molecule is O=C(CCCCCN1C(=O)c2ccccc2N2C(=O)c3ccccc3[C@@H]12)NCc1ccco1. The normalized spacial score (nSPS) is 16.4. The molecule has 0 radical (unpaired) electrons. The van der Waals surface area contributed by atoms with E-state index in [1.807, 2.05) is 48.5 Å². The number of amides is 3. The Morgan fingerprint density at radius 1 is 0.879 bits per heavy atom. The summed E-state index contributed by atoms with van der Waals surface area (Å²) in [5.41, 5.74) is 2.72. The van der Waals surface area contributed by atoms with Gasteiger partial charge in [-0.15, -0.1) is 0 Å². The van der Waals surface area contributed by atoms with E-state index < -0.39 is 6.17 Å². The summed E-state index contributed by atoms with van der Waals surface area (Å²) in [5, 5.41) is 2.85. The van der Waals surface area contributed by atoms with Gasteiger partial charge in [-0.25, -0.2) is 0 Å². The molecule has 2 aliphatic heterocycles. The molecule has 0 fully saturated rings. The Hall–Kier alpha value is -3.87. The number of benzene rings is 2. The summed E-state index contributed by atoms with van der Waals surface area (Å²) in [4.78, 5) is 42.1. The molecule has 1 atom stereocenters.